The van der Waals surface area contributed by atoms with E-state index in [-0.39, 0.29) is 36.1 Å². The molecule has 2 rings (SSSR count). The maximum absolute atomic E-state index is 12.3. The number of cyclic esters (lactones) is 1. The number of carbonyl (C=O) groups excluding carboxylic acids is 2. The minimum absolute atomic E-state index is 0.0379. The van der Waals surface area contributed by atoms with Gasteiger partial charge in [0.25, 0.3) is 0 Å². The average Bonchev–Trinajstić information content (AvgIpc) is 2.97. The van der Waals surface area contributed by atoms with Gasteiger partial charge < -0.3 is 19.7 Å². The van der Waals surface area contributed by atoms with Crippen LogP contribution in [0.3, 0.4) is 0 Å². The van der Waals surface area contributed by atoms with Gasteiger partial charge in [0.1, 0.15) is 0 Å². The topological polar surface area (TPSA) is 93.1 Å². The molecule has 1 fully saturated rings. The Morgan fingerprint density at radius 3 is 2.88 bits per heavy atom. The maximum Gasteiger partial charge on any atom is 0.315 e. The van der Waals surface area contributed by atoms with Gasteiger partial charge in [-0.2, -0.15) is 0 Å². The van der Waals surface area contributed by atoms with Crippen molar-refractivity contribution in [3.05, 3.63) is 12.2 Å². The first-order valence-electron chi connectivity index (χ1n) is 9.31. The van der Waals surface area contributed by atoms with Crippen molar-refractivity contribution >= 4 is 23.7 Å². The summed E-state index contributed by atoms with van der Waals surface area (Å²) >= 11 is 1.22. The maximum atomic E-state index is 12.3. The molecule has 0 bridgehead atoms. The first-order chi connectivity index (χ1) is 12.4. The summed E-state index contributed by atoms with van der Waals surface area (Å²) < 4.78 is 10.1. The molecule has 7 heteroatoms. The second-order valence-corrected chi connectivity index (χ2v) is 8.46. The SMILES string of the molecule is COC(=O)CS[C@@H]1CC(=O)O[C@@H](C)CCC/C=C/[C@@H]2C[C@H](O)C[C@H]2[C@@H]1O. The molecule has 0 saturated heterocycles. The third-order valence-electron chi connectivity index (χ3n) is 5.17. The standard InChI is InChI=1S/C19H30O6S/c1-12-6-4-3-5-7-13-8-14(20)9-15(13)19(23)16(10-17(21)25-12)26-11-18(22)24-2/h5,7,12-16,19-20,23H,3-4,6,8-11H2,1-2H3/b7-5+/t12-,13+,14-,15+,16+,19-/m0/s1. The molecule has 26 heavy (non-hydrogen) atoms. The Morgan fingerprint density at radius 1 is 1.38 bits per heavy atom. The van der Waals surface area contributed by atoms with E-state index in [0.717, 1.165) is 19.3 Å². The summed E-state index contributed by atoms with van der Waals surface area (Å²) in [5.41, 5.74) is 0. The molecule has 0 aromatic carbocycles. The average molecular weight is 387 g/mol. The van der Waals surface area contributed by atoms with Gasteiger partial charge in [-0.15, -0.1) is 11.8 Å². The molecule has 0 spiro atoms. The lowest BCUT2D eigenvalue weighted by molar-refractivity contribution is -0.149. The monoisotopic (exact) mass is 386 g/mol. The van der Waals surface area contributed by atoms with Crippen LogP contribution in [0.25, 0.3) is 0 Å². The second-order valence-electron chi connectivity index (χ2n) is 7.23. The predicted octanol–water partition coefficient (Wildman–Crippen LogP) is 2.07. The van der Waals surface area contributed by atoms with Gasteiger partial charge in [-0.05, 0) is 50.9 Å². The van der Waals surface area contributed by atoms with Crippen molar-refractivity contribution in [3.63, 3.8) is 0 Å². The van der Waals surface area contributed by atoms with Gasteiger partial charge in [-0.3, -0.25) is 9.59 Å². The van der Waals surface area contributed by atoms with E-state index in [1.807, 2.05) is 6.92 Å². The quantitative estimate of drug-likeness (QED) is 0.566. The third kappa shape index (κ3) is 6.28. The summed E-state index contributed by atoms with van der Waals surface area (Å²) in [6.45, 7) is 1.87. The molecule has 1 aliphatic carbocycles. The Balaban J connectivity index is 2.17. The number of ether oxygens (including phenoxy) is 2. The molecule has 0 radical (unpaired) electrons. The highest BCUT2D eigenvalue weighted by molar-refractivity contribution is 8.00. The molecule has 0 amide bonds. The Labute approximate surface area is 159 Å². The van der Waals surface area contributed by atoms with Crippen LogP contribution in [0.1, 0.15) is 45.4 Å². The first kappa shape index (κ1) is 21.3. The van der Waals surface area contributed by atoms with E-state index < -0.39 is 23.4 Å². The molecule has 1 saturated carbocycles. The number of rotatable bonds is 3. The van der Waals surface area contributed by atoms with Crippen LogP contribution in [0, 0.1) is 11.8 Å². The number of esters is 2. The Morgan fingerprint density at radius 2 is 2.15 bits per heavy atom. The number of hydrogen-bond donors (Lipinski definition) is 2. The highest BCUT2D eigenvalue weighted by Gasteiger charge is 2.40. The van der Waals surface area contributed by atoms with Crippen molar-refractivity contribution in [2.24, 2.45) is 11.8 Å². The molecule has 1 heterocycles. The number of carbonyl (C=O) groups is 2. The summed E-state index contributed by atoms with van der Waals surface area (Å²) in [6.07, 6.45) is 6.53. The van der Waals surface area contributed by atoms with Crippen LogP contribution >= 0.6 is 11.8 Å². The predicted molar refractivity (Wildman–Crippen MR) is 99.7 cm³/mol. The van der Waals surface area contributed by atoms with Crippen LogP contribution in [0.2, 0.25) is 0 Å². The number of hydrogen-bond acceptors (Lipinski definition) is 7. The van der Waals surface area contributed by atoms with Crippen LogP contribution in [0.4, 0.5) is 0 Å². The van der Waals surface area contributed by atoms with Crippen molar-refractivity contribution in [2.45, 2.75) is 69.0 Å². The van der Waals surface area contributed by atoms with E-state index in [9.17, 15) is 19.8 Å². The lowest BCUT2D eigenvalue weighted by Crippen LogP contribution is -2.36. The van der Waals surface area contributed by atoms with E-state index in [1.54, 1.807) is 0 Å². The minimum atomic E-state index is -0.805. The van der Waals surface area contributed by atoms with Crippen molar-refractivity contribution < 1.29 is 29.3 Å². The van der Waals surface area contributed by atoms with E-state index in [1.165, 1.54) is 18.9 Å². The normalized spacial score (nSPS) is 37.5. The van der Waals surface area contributed by atoms with Crippen molar-refractivity contribution in [2.75, 3.05) is 12.9 Å². The van der Waals surface area contributed by atoms with Crippen LogP contribution < -0.4 is 0 Å². The molecule has 6 nitrogen and oxygen atoms in total. The summed E-state index contributed by atoms with van der Waals surface area (Å²) in [7, 11) is 1.31. The van der Waals surface area contributed by atoms with Gasteiger partial charge in [0.15, 0.2) is 0 Å². The number of aliphatic hydroxyl groups excluding tert-OH is 2. The fraction of sp³-hybridized carbons (Fsp3) is 0.789. The number of allylic oxidation sites excluding steroid dienone is 2. The summed E-state index contributed by atoms with van der Waals surface area (Å²) in [6, 6.07) is 0. The van der Waals surface area contributed by atoms with Gasteiger partial charge in [0.05, 0.1) is 37.6 Å². The lowest BCUT2D eigenvalue weighted by Gasteiger charge is -2.29. The number of fused-ring (bicyclic) bond motifs is 1. The molecule has 2 aliphatic rings. The summed E-state index contributed by atoms with van der Waals surface area (Å²) in [5, 5.41) is 20.6. The molecule has 2 N–H and O–H groups in total. The van der Waals surface area contributed by atoms with Crippen LogP contribution in [-0.4, -0.2) is 58.6 Å². The Kier molecular flexibility index (Phi) is 8.44. The largest absolute Gasteiger partial charge is 0.468 e. The van der Waals surface area contributed by atoms with Crippen LogP contribution in [-0.2, 0) is 19.1 Å². The lowest BCUT2D eigenvalue weighted by atomic mass is 9.87. The molecule has 0 unspecified atom stereocenters. The summed E-state index contributed by atoms with van der Waals surface area (Å²) in [5.74, 6) is -0.745. The number of aliphatic hydroxyl groups is 2. The van der Waals surface area contributed by atoms with Gasteiger partial charge in [0, 0.05) is 5.25 Å². The molecule has 148 valence electrons. The van der Waals surface area contributed by atoms with Gasteiger partial charge in [-0.1, -0.05) is 12.2 Å². The molecule has 6 atom stereocenters. The van der Waals surface area contributed by atoms with Crippen molar-refractivity contribution in [1.29, 1.82) is 0 Å². The smallest absolute Gasteiger partial charge is 0.315 e. The van der Waals surface area contributed by atoms with Crippen molar-refractivity contribution in [3.8, 4) is 0 Å². The highest BCUT2D eigenvalue weighted by Crippen LogP contribution is 2.39. The fourth-order valence-electron chi connectivity index (χ4n) is 3.77. The zero-order valence-corrected chi connectivity index (χ0v) is 16.3. The number of methoxy groups -OCH3 is 1. The molecule has 1 aliphatic heterocycles. The second kappa shape index (κ2) is 10.3. The van der Waals surface area contributed by atoms with Gasteiger partial charge in [-0.25, -0.2) is 0 Å². The Bertz CT molecular complexity index is 508. The zero-order valence-electron chi connectivity index (χ0n) is 15.5. The molecular weight excluding hydrogens is 356 g/mol. The minimum Gasteiger partial charge on any atom is -0.468 e. The third-order valence-corrected chi connectivity index (χ3v) is 6.44. The van der Waals surface area contributed by atoms with Gasteiger partial charge >= 0.3 is 11.9 Å². The van der Waals surface area contributed by atoms with Gasteiger partial charge in [0.2, 0.25) is 0 Å². The molecule has 0 aromatic heterocycles. The number of thioether (sulfide) groups is 1. The fourth-order valence-corrected chi connectivity index (χ4v) is 4.89. The van der Waals surface area contributed by atoms with Crippen molar-refractivity contribution in [1.82, 2.24) is 0 Å². The zero-order chi connectivity index (χ0) is 19.1. The highest BCUT2D eigenvalue weighted by atomic mass is 32.2. The summed E-state index contributed by atoms with van der Waals surface area (Å²) in [4.78, 5) is 23.8. The molecule has 0 aromatic rings. The van der Waals surface area contributed by atoms with E-state index in [0.29, 0.717) is 12.8 Å². The van der Waals surface area contributed by atoms with Crippen LogP contribution in [0.5, 0.6) is 0 Å². The first-order valence-corrected chi connectivity index (χ1v) is 10.4. The van der Waals surface area contributed by atoms with E-state index in [4.69, 9.17) is 4.74 Å². The van der Waals surface area contributed by atoms with E-state index in [2.05, 4.69) is 16.9 Å². The molecular formula is C19H30O6S. The van der Waals surface area contributed by atoms with E-state index >= 15 is 0 Å². The van der Waals surface area contributed by atoms with Crippen LogP contribution in [0.15, 0.2) is 12.2 Å². The Hall–Kier alpha value is -1.05.